The number of aromatic nitrogens is 3. The van der Waals surface area contributed by atoms with Crippen LogP contribution in [0, 0.1) is 0 Å². The summed E-state index contributed by atoms with van der Waals surface area (Å²) in [7, 11) is 3.46. The maximum absolute atomic E-state index is 12.4. The number of halogens is 1. The topological polar surface area (TPSA) is 73.9 Å². The van der Waals surface area contributed by atoms with Crippen molar-refractivity contribution in [2.24, 2.45) is 0 Å². The fraction of sp³-hybridized carbons (Fsp3) is 0.250. The van der Waals surface area contributed by atoms with E-state index in [0.29, 0.717) is 17.9 Å². The lowest BCUT2D eigenvalue weighted by atomic mass is 10.2. The minimum absolute atomic E-state index is 0.116. The fourth-order valence-electron chi connectivity index (χ4n) is 1.69. The number of imidazole rings is 1. The summed E-state index contributed by atoms with van der Waals surface area (Å²) >= 11 is 3.32. The van der Waals surface area contributed by atoms with Crippen molar-refractivity contribution in [3.8, 4) is 0 Å². The maximum atomic E-state index is 12.4. The Hall–Kier alpha value is -1.89. The zero-order valence-corrected chi connectivity index (χ0v) is 12.2. The first kappa shape index (κ1) is 13.5. The molecule has 100 valence electrons. The standard InChI is InChI=1S/C12H14BrN5O/c1-14-11-9(5-8(13)6-17-11)12(19)18(2)7-10-15-3-4-16-10/h3-6H,7H2,1-2H3,(H,14,17)(H,15,16). The molecule has 0 radical (unpaired) electrons. The van der Waals surface area contributed by atoms with Crippen LogP contribution < -0.4 is 5.32 Å². The van der Waals surface area contributed by atoms with E-state index in [4.69, 9.17) is 0 Å². The Labute approximate surface area is 119 Å². The lowest BCUT2D eigenvalue weighted by Crippen LogP contribution is -2.27. The lowest BCUT2D eigenvalue weighted by Gasteiger charge is -2.17. The number of hydrogen-bond acceptors (Lipinski definition) is 4. The number of pyridine rings is 1. The molecular formula is C12H14BrN5O. The van der Waals surface area contributed by atoms with Crippen molar-refractivity contribution in [1.29, 1.82) is 0 Å². The first-order valence-electron chi connectivity index (χ1n) is 5.69. The molecule has 19 heavy (non-hydrogen) atoms. The molecule has 0 aliphatic heterocycles. The van der Waals surface area contributed by atoms with Crippen molar-refractivity contribution in [3.63, 3.8) is 0 Å². The average Bonchev–Trinajstić information content (AvgIpc) is 2.90. The molecule has 6 nitrogen and oxygen atoms in total. The van der Waals surface area contributed by atoms with E-state index in [9.17, 15) is 4.79 Å². The predicted molar refractivity (Wildman–Crippen MR) is 75.9 cm³/mol. The van der Waals surface area contributed by atoms with Gasteiger partial charge >= 0.3 is 0 Å². The van der Waals surface area contributed by atoms with E-state index in [1.165, 1.54) is 0 Å². The quantitative estimate of drug-likeness (QED) is 0.901. The second-order valence-corrected chi connectivity index (χ2v) is 4.91. The van der Waals surface area contributed by atoms with Crippen LogP contribution in [0.2, 0.25) is 0 Å². The highest BCUT2D eigenvalue weighted by Crippen LogP contribution is 2.19. The Kier molecular flexibility index (Phi) is 4.16. The summed E-state index contributed by atoms with van der Waals surface area (Å²) in [6.45, 7) is 0.418. The summed E-state index contributed by atoms with van der Waals surface area (Å²) in [6.07, 6.45) is 5.04. The minimum Gasteiger partial charge on any atom is -0.372 e. The lowest BCUT2D eigenvalue weighted by molar-refractivity contribution is 0.0782. The maximum Gasteiger partial charge on any atom is 0.257 e. The van der Waals surface area contributed by atoms with Gasteiger partial charge < -0.3 is 15.2 Å². The van der Waals surface area contributed by atoms with Gasteiger partial charge in [-0.3, -0.25) is 4.79 Å². The zero-order valence-electron chi connectivity index (χ0n) is 10.6. The number of rotatable bonds is 4. The summed E-state index contributed by atoms with van der Waals surface area (Å²) in [5, 5.41) is 2.91. The fourth-order valence-corrected chi connectivity index (χ4v) is 2.02. The number of carbonyl (C=O) groups excluding carboxylic acids is 1. The first-order chi connectivity index (χ1) is 9.11. The molecule has 0 atom stereocenters. The molecule has 2 aromatic rings. The zero-order chi connectivity index (χ0) is 13.8. The van der Waals surface area contributed by atoms with Gasteiger partial charge in [-0.2, -0.15) is 0 Å². The Morgan fingerprint density at radius 3 is 2.95 bits per heavy atom. The third kappa shape index (κ3) is 3.11. The van der Waals surface area contributed by atoms with E-state index < -0.39 is 0 Å². The number of anilines is 1. The van der Waals surface area contributed by atoms with Crippen molar-refractivity contribution < 1.29 is 4.79 Å². The van der Waals surface area contributed by atoms with Crippen molar-refractivity contribution >= 4 is 27.7 Å². The van der Waals surface area contributed by atoms with Crippen LogP contribution in [0.3, 0.4) is 0 Å². The highest BCUT2D eigenvalue weighted by Gasteiger charge is 2.17. The van der Waals surface area contributed by atoms with Gasteiger partial charge in [0.1, 0.15) is 11.6 Å². The molecule has 0 saturated heterocycles. The Balaban J connectivity index is 2.21. The number of hydrogen-bond donors (Lipinski definition) is 2. The third-order valence-electron chi connectivity index (χ3n) is 2.61. The number of nitrogens with zero attached hydrogens (tertiary/aromatic N) is 3. The van der Waals surface area contributed by atoms with Crippen LogP contribution in [0.25, 0.3) is 0 Å². The average molecular weight is 324 g/mol. The highest BCUT2D eigenvalue weighted by molar-refractivity contribution is 9.10. The van der Waals surface area contributed by atoms with Gasteiger partial charge in [-0.1, -0.05) is 0 Å². The van der Waals surface area contributed by atoms with Gasteiger partial charge in [-0.25, -0.2) is 9.97 Å². The van der Waals surface area contributed by atoms with E-state index >= 15 is 0 Å². The molecule has 0 fully saturated rings. The normalized spacial score (nSPS) is 10.3. The predicted octanol–water partition coefficient (Wildman–Crippen LogP) is 1.88. The molecule has 7 heteroatoms. The van der Waals surface area contributed by atoms with Gasteiger partial charge in [-0.15, -0.1) is 0 Å². The summed E-state index contributed by atoms with van der Waals surface area (Å²) < 4.78 is 0.765. The van der Waals surface area contributed by atoms with Crippen LogP contribution in [-0.2, 0) is 6.54 Å². The molecule has 2 rings (SSSR count). The van der Waals surface area contributed by atoms with Crippen LogP contribution in [0.5, 0.6) is 0 Å². The molecule has 2 heterocycles. The summed E-state index contributed by atoms with van der Waals surface area (Å²) in [6, 6.07) is 1.75. The molecule has 0 unspecified atom stereocenters. The summed E-state index contributed by atoms with van der Waals surface area (Å²) in [5.41, 5.74) is 0.519. The van der Waals surface area contributed by atoms with E-state index in [2.05, 4.69) is 36.2 Å². The molecule has 0 aliphatic carbocycles. The van der Waals surface area contributed by atoms with Gasteiger partial charge in [0, 0.05) is 37.2 Å². The summed E-state index contributed by atoms with van der Waals surface area (Å²) in [4.78, 5) is 25.2. The van der Waals surface area contributed by atoms with Gasteiger partial charge in [0.15, 0.2) is 0 Å². The molecule has 0 bridgehead atoms. The summed E-state index contributed by atoms with van der Waals surface area (Å²) in [5.74, 6) is 1.18. The molecule has 1 amide bonds. The van der Waals surface area contributed by atoms with Crippen LogP contribution in [0.1, 0.15) is 16.2 Å². The van der Waals surface area contributed by atoms with Crippen molar-refractivity contribution in [3.05, 3.63) is 40.5 Å². The monoisotopic (exact) mass is 323 g/mol. The number of carbonyl (C=O) groups is 1. The number of aromatic amines is 1. The van der Waals surface area contributed by atoms with E-state index in [1.807, 2.05) is 0 Å². The second kappa shape index (κ2) is 5.83. The van der Waals surface area contributed by atoms with Crippen molar-refractivity contribution in [2.75, 3.05) is 19.4 Å². The van der Waals surface area contributed by atoms with Gasteiger partial charge in [0.25, 0.3) is 5.91 Å². The SMILES string of the molecule is CNc1ncc(Br)cc1C(=O)N(C)Cc1ncc[nH]1. The van der Waals surface area contributed by atoms with E-state index in [-0.39, 0.29) is 5.91 Å². The first-order valence-corrected chi connectivity index (χ1v) is 6.48. The molecule has 0 saturated carbocycles. The second-order valence-electron chi connectivity index (χ2n) is 4.00. The van der Waals surface area contributed by atoms with Crippen LogP contribution in [0.15, 0.2) is 29.1 Å². The van der Waals surface area contributed by atoms with Crippen LogP contribution in [-0.4, -0.2) is 39.9 Å². The van der Waals surface area contributed by atoms with Gasteiger partial charge in [0.2, 0.25) is 0 Å². The number of H-pyrrole nitrogens is 1. The Morgan fingerprint density at radius 2 is 2.32 bits per heavy atom. The Bertz CT molecular complexity index is 570. The Morgan fingerprint density at radius 1 is 1.53 bits per heavy atom. The van der Waals surface area contributed by atoms with Crippen molar-refractivity contribution in [1.82, 2.24) is 19.9 Å². The molecule has 0 spiro atoms. The molecular weight excluding hydrogens is 310 g/mol. The van der Waals surface area contributed by atoms with Gasteiger partial charge in [-0.05, 0) is 22.0 Å². The van der Waals surface area contributed by atoms with Crippen LogP contribution >= 0.6 is 15.9 Å². The largest absolute Gasteiger partial charge is 0.372 e. The minimum atomic E-state index is -0.116. The highest BCUT2D eigenvalue weighted by atomic mass is 79.9. The van der Waals surface area contributed by atoms with Gasteiger partial charge in [0.05, 0.1) is 12.1 Å². The smallest absolute Gasteiger partial charge is 0.257 e. The van der Waals surface area contributed by atoms with Crippen molar-refractivity contribution in [2.45, 2.75) is 6.54 Å². The molecule has 0 aromatic carbocycles. The van der Waals surface area contributed by atoms with E-state index in [1.54, 1.807) is 43.7 Å². The molecule has 2 aromatic heterocycles. The molecule has 2 N–H and O–H groups in total. The number of nitrogens with one attached hydrogen (secondary N) is 2. The van der Waals surface area contributed by atoms with E-state index in [0.717, 1.165) is 10.3 Å². The number of amides is 1. The van der Waals surface area contributed by atoms with Crippen LogP contribution in [0.4, 0.5) is 5.82 Å². The molecule has 0 aliphatic rings. The third-order valence-corrected chi connectivity index (χ3v) is 3.04.